The zero-order valence-corrected chi connectivity index (χ0v) is 15.8. The molecule has 2 aliphatic rings. The van der Waals surface area contributed by atoms with Crippen molar-refractivity contribution in [2.75, 3.05) is 18.4 Å². The number of amides is 1. The first-order valence-corrected chi connectivity index (χ1v) is 9.53. The van der Waals surface area contributed by atoms with Crippen molar-refractivity contribution in [1.29, 1.82) is 0 Å². The number of benzene rings is 1. The molecule has 1 aliphatic carbocycles. The summed E-state index contributed by atoms with van der Waals surface area (Å²) in [7, 11) is 0. The molecule has 1 aromatic carbocycles. The van der Waals surface area contributed by atoms with Crippen molar-refractivity contribution in [2.24, 2.45) is 11.8 Å². The number of halogens is 4. The number of rotatable bonds is 4. The number of nitrogens with zero attached hydrogens (tertiary/aromatic N) is 2. The number of anilines is 1. The first-order chi connectivity index (χ1) is 13.7. The molecule has 29 heavy (non-hydrogen) atoms. The van der Waals surface area contributed by atoms with Crippen molar-refractivity contribution in [2.45, 2.75) is 32.0 Å². The highest BCUT2D eigenvalue weighted by atomic mass is 19.4. The van der Waals surface area contributed by atoms with Crippen LogP contribution in [0.2, 0.25) is 0 Å². The number of piperidine rings is 1. The standard InChI is InChI=1S/C21H21F4N3O/c1-12-2-3-16(6-18(12)13-4-15(22)9-26-8-13)27-20(29)19-7-17-5-14(19)10-28(17)11-21(23,24)25/h2-4,6,8-9,14,17,19H,5,7,10-11H2,1H3,(H,27,29)/t14-,17-,19+/m0/s1. The Kier molecular flexibility index (Phi) is 5.06. The molecule has 1 saturated carbocycles. The maximum atomic E-state index is 13.5. The molecule has 0 radical (unpaired) electrons. The third-order valence-electron chi connectivity index (χ3n) is 5.90. The van der Waals surface area contributed by atoms with Crippen LogP contribution in [0.25, 0.3) is 11.1 Å². The molecule has 2 fully saturated rings. The van der Waals surface area contributed by atoms with Gasteiger partial charge in [0.25, 0.3) is 0 Å². The highest BCUT2D eigenvalue weighted by Gasteiger charge is 2.49. The summed E-state index contributed by atoms with van der Waals surface area (Å²) in [6.45, 7) is 1.28. The van der Waals surface area contributed by atoms with E-state index in [1.165, 1.54) is 11.0 Å². The van der Waals surface area contributed by atoms with E-state index in [0.29, 0.717) is 30.6 Å². The van der Waals surface area contributed by atoms with Crippen LogP contribution in [0.1, 0.15) is 18.4 Å². The van der Waals surface area contributed by atoms with Crippen molar-refractivity contribution in [3.63, 3.8) is 0 Å². The summed E-state index contributed by atoms with van der Waals surface area (Å²) in [4.78, 5) is 18.1. The van der Waals surface area contributed by atoms with Gasteiger partial charge in [0, 0.05) is 36.0 Å². The Hall–Kier alpha value is -2.48. The summed E-state index contributed by atoms with van der Waals surface area (Å²) in [6, 6.07) is 6.57. The molecular weight excluding hydrogens is 386 g/mol. The topological polar surface area (TPSA) is 45.2 Å². The molecular formula is C21H21F4N3O. The number of carbonyl (C=O) groups is 1. The van der Waals surface area contributed by atoms with E-state index in [1.54, 1.807) is 18.3 Å². The number of aryl methyl sites for hydroxylation is 1. The van der Waals surface area contributed by atoms with Gasteiger partial charge in [-0.3, -0.25) is 14.7 Å². The largest absolute Gasteiger partial charge is 0.401 e. The van der Waals surface area contributed by atoms with Gasteiger partial charge in [0.05, 0.1) is 12.7 Å². The van der Waals surface area contributed by atoms with Crippen molar-refractivity contribution >= 4 is 11.6 Å². The van der Waals surface area contributed by atoms with Gasteiger partial charge in [-0.05, 0) is 55.0 Å². The predicted molar refractivity (Wildman–Crippen MR) is 101 cm³/mol. The minimum Gasteiger partial charge on any atom is -0.326 e. The van der Waals surface area contributed by atoms with Gasteiger partial charge in [0.15, 0.2) is 0 Å². The van der Waals surface area contributed by atoms with Crippen molar-refractivity contribution in [3.8, 4) is 11.1 Å². The molecule has 1 N–H and O–H groups in total. The van der Waals surface area contributed by atoms with Crippen LogP contribution in [0.4, 0.5) is 23.2 Å². The van der Waals surface area contributed by atoms with E-state index in [2.05, 4.69) is 10.3 Å². The number of hydrogen-bond donors (Lipinski definition) is 1. The number of carbonyl (C=O) groups excluding carboxylic acids is 1. The lowest BCUT2D eigenvalue weighted by Crippen LogP contribution is -2.43. The molecule has 2 aromatic rings. The van der Waals surface area contributed by atoms with Crippen molar-refractivity contribution in [1.82, 2.24) is 9.88 Å². The minimum atomic E-state index is -4.22. The quantitative estimate of drug-likeness (QED) is 0.764. The molecule has 1 saturated heterocycles. The predicted octanol–water partition coefficient (Wildman–Crippen LogP) is 4.41. The highest BCUT2D eigenvalue weighted by Crippen LogP contribution is 2.43. The summed E-state index contributed by atoms with van der Waals surface area (Å²) < 4.78 is 51.5. The lowest BCUT2D eigenvalue weighted by Gasteiger charge is -2.31. The molecule has 1 aromatic heterocycles. The Morgan fingerprint density at radius 1 is 1.24 bits per heavy atom. The zero-order valence-electron chi connectivity index (χ0n) is 15.8. The number of nitrogens with one attached hydrogen (secondary N) is 1. The average Bonchev–Trinajstić information content (AvgIpc) is 3.22. The van der Waals surface area contributed by atoms with Gasteiger partial charge in [0.1, 0.15) is 5.82 Å². The van der Waals surface area contributed by atoms with Gasteiger partial charge >= 0.3 is 6.18 Å². The fourth-order valence-electron chi connectivity index (χ4n) is 4.60. The van der Waals surface area contributed by atoms with E-state index < -0.39 is 18.5 Å². The van der Waals surface area contributed by atoms with Crippen molar-refractivity contribution < 1.29 is 22.4 Å². The van der Waals surface area contributed by atoms with E-state index in [-0.39, 0.29) is 23.8 Å². The van der Waals surface area contributed by atoms with E-state index in [4.69, 9.17) is 0 Å². The molecule has 2 heterocycles. The third-order valence-corrected chi connectivity index (χ3v) is 5.90. The van der Waals surface area contributed by atoms with Gasteiger partial charge < -0.3 is 5.32 Å². The summed E-state index contributed by atoms with van der Waals surface area (Å²) in [5.41, 5.74) is 2.87. The average molecular weight is 407 g/mol. The van der Waals surface area contributed by atoms with Crippen LogP contribution in [0, 0.1) is 24.6 Å². The Morgan fingerprint density at radius 3 is 2.69 bits per heavy atom. The van der Waals surface area contributed by atoms with Gasteiger partial charge in [0.2, 0.25) is 5.91 Å². The lowest BCUT2D eigenvalue weighted by atomic mass is 9.93. The summed E-state index contributed by atoms with van der Waals surface area (Å²) in [5, 5.41) is 2.89. The molecule has 8 heteroatoms. The molecule has 154 valence electrons. The number of pyridine rings is 1. The van der Waals surface area contributed by atoms with E-state index in [1.807, 2.05) is 13.0 Å². The second-order valence-corrected chi connectivity index (χ2v) is 7.95. The van der Waals surface area contributed by atoms with Crippen LogP contribution >= 0.6 is 0 Å². The molecule has 1 amide bonds. The molecule has 4 nitrogen and oxygen atoms in total. The second kappa shape index (κ2) is 7.40. The summed E-state index contributed by atoms with van der Waals surface area (Å²) in [5.74, 6) is -0.956. The Bertz CT molecular complexity index is 930. The van der Waals surface area contributed by atoms with Crippen LogP contribution in [0.15, 0.2) is 36.7 Å². The fourth-order valence-corrected chi connectivity index (χ4v) is 4.60. The van der Waals surface area contributed by atoms with E-state index >= 15 is 0 Å². The Balaban J connectivity index is 1.45. The molecule has 2 bridgehead atoms. The van der Waals surface area contributed by atoms with Gasteiger partial charge in [-0.1, -0.05) is 6.07 Å². The summed E-state index contributed by atoms with van der Waals surface area (Å²) >= 11 is 0. The lowest BCUT2D eigenvalue weighted by molar-refractivity contribution is -0.150. The minimum absolute atomic E-state index is 0.0558. The zero-order chi connectivity index (χ0) is 20.8. The Morgan fingerprint density at radius 2 is 2.03 bits per heavy atom. The highest BCUT2D eigenvalue weighted by molar-refractivity contribution is 5.94. The molecule has 1 aliphatic heterocycles. The smallest absolute Gasteiger partial charge is 0.326 e. The third kappa shape index (κ3) is 4.27. The van der Waals surface area contributed by atoms with Crippen LogP contribution in [-0.2, 0) is 4.79 Å². The van der Waals surface area contributed by atoms with E-state index in [0.717, 1.165) is 17.3 Å². The Labute approximate surface area is 165 Å². The normalized spacial score (nSPS) is 24.1. The van der Waals surface area contributed by atoms with Crippen molar-refractivity contribution in [3.05, 3.63) is 48.0 Å². The number of hydrogen-bond acceptors (Lipinski definition) is 3. The van der Waals surface area contributed by atoms with Crippen LogP contribution in [0.5, 0.6) is 0 Å². The molecule has 0 unspecified atom stereocenters. The molecule has 0 spiro atoms. The number of fused-ring (bicyclic) bond motifs is 2. The molecule has 3 atom stereocenters. The first kappa shape index (κ1) is 19.8. The number of alkyl halides is 3. The van der Waals surface area contributed by atoms with E-state index in [9.17, 15) is 22.4 Å². The van der Waals surface area contributed by atoms with Gasteiger partial charge in [-0.15, -0.1) is 0 Å². The number of aromatic nitrogens is 1. The van der Waals surface area contributed by atoms with Gasteiger partial charge in [-0.2, -0.15) is 13.2 Å². The van der Waals surface area contributed by atoms with Crippen LogP contribution in [0.3, 0.4) is 0 Å². The maximum absolute atomic E-state index is 13.5. The molecule has 4 rings (SSSR count). The first-order valence-electron chi connectivity index (χ1n) is 9.53. The second-order valence-electron chi connectivity index (χ2n) is 7.95. The summed E-state index contributed by atoms with van der Waals surface area (Å²) in [6.07, 6.45) is -0.461. The maximum Gasteiger partial charge on any atom is 0.401 e. The fraction of sp³-hybridized carbons (Fsp3) is 0.429. The SMILES string of the molecule is Cc1ccc(NC(=O)[C@@H]2C[C@@H]3C[C@H]2CN3CC(F)(F)F)cc1-c1cncc(F)c1. The van der Waals surface area contributed by atoms with Crippen LogP contribution < -0.4 is 5.32 Å². The monoisotopic (exact) mass is 407 g/mol. The van der Waals surface area contributed by atoms with Gasteiger partial charge in [-0.25, -0.2) is 4.39 Å². The van der Waals surface area contributed by atoms with Crippen LogP contribution in [-0.4, -0.2) is 41.1 Å². The number of likely N-dealkylation sites (tertiary alicyclic amines) is 1.